The molecule has 0 unspecified atom stereocenters. The first-order valence-corrected chi connectivity index (χ1v) is 6.56. The number of anilines is 1. The molecule has 2 aromatic rings. The molecule has 0 aromatic heterocycles. The molecule has 0 spiro atoms. The van der Waals surface area contributed by atoms with Crippen molar-refractivity contribution >= 4 is 27.5 Å². The van der Waals surface area contributed by atoms with Gasteiger partial charge in [-0.2, -0.15) is 8.78 Å². The summed E-state index contributed by atoms with van der Waals surface area (Å²) in [4.78, 5) is 12.0. The lowest BCUT2D eigenvalue weighted by Gasteiger charge is -2.09. The number of nitrogens with one attached hydrogen (secondary N) is 1. The van der Waals surface area contributed by atoms with E-state index in [4.69, 9.17) is 0 Å². The van der Waals surface area contributed by atoms with E-state index in [0.717, 1.165) is 0 Å². The number of alkyl halides is 2. The van der Waals surface area contributed by atoms with E-state index in [9.17, 15) is 18.0 Å². The van der Waals surface area contributed by atoms with Crippen molar-refractivity contribution < 1.29 is 22.7 Å². The molecule has 2 aromatic carbocycles. The highest BCUT2D eigenvalue weighted by Crippen LogP contribution is 2.24. The van der Waals surface area contributed by atoms with Crippen LogP contribution in [0.2, 0.25) is 0 Å². The van der Waals surface area contributed by atoms with Gasteiger partial charge in [-0.1, -0.05) is 6.07 Å². The van der Waals surface area contributed by atoms with E-state index in [1.165, 1.54) is 42.5 Å². The number of ether oxygens (including phenoxy) is 1. The number of carbonyl (C=O) groups excluding carboxylic acids is 1. The van der Waals surface area contributed by atoms with Gasteiger partial charge in [0.25, 0.3) is 5.91 Å². The van der Waals surface area contributed by atoms with Gasteiger partial charge < -0.3 is 10.1 Å². The Balaban J connectivity index is 2.16. The third-order valence-corrected chi connectivity index (χ3v) is 3.16. The first-order chi connectivity index (χ1) is 9.95. The molecule has 3 nitrogen and oxygen atoms in total. The molecule has 0 heterocycles. The molecule has 0 saturated carbocycles. The number of halogens is 4. The molecule has 0 saturated heterocycles. The summed E-state index contributed by atoms with van der Waals surface area (Å²) in [6.07, 6.45) is 0. The summed E-state index contributed by atoms with van der Waals surface area (Å²) < 4.78 is 41.8. The maximum atomic E-state index is 13.0. The molecule has 2 rings (SSSR count). The molecular formula is C14H9BrF3NO2. The van der Waals surface area contributed by atoms with Crippen LogP contribution in [0.5, 0.6) is 5.75 Å². The minimum Gasteiger partial charge on any atom is -0.435 e. The van der Waals surface area contributed by atoms with Gasteiger partial charge in [0.1, 0.15) is 11.6 Å². The lowest BCUT2D eigenvalue weighted by atomic mass is 10.2. The molecule has 1 amide bonds. The van der Waals surface area contributed by atoms with Gasteiger partial charge in [0.2, 0.25) is 0 Å². The molecule has 0 aliphatic rings. The van der Waals surface area contributed by atoms with Crippen LogP contribution in [0.1, 0.15) is 10.4 Å². The average Bonchev–Trinajstić information content (AvgIpc) is 2.41. The Labute approximate surface area is 126 Å². The molecule has 0 radical (unpaired) electrons. The van der Waals surface area contributed by atoms with Gasteiger partial charge in [-0.15, -0.1) is 0 Å². The number of hydrogen-bond acceptors (Lipinski definition) is 2. The van der Waals surface area contributed by atoms with Crippen molar-refractivity contribution in [2.45, 2.75) is 6.61 Å². The maximum absolute atomic E-state index is 13.0. The van der Waals surface area contributed by atoms with E-state index in [-0.39, 0.29) is 11.3 Å². The summed E-state index contributed by atoms with van der Waals surface area (Å²) in [5.41, 5.74) is 0.506. The van der Waals surface area contributed by atoms with Gasteiger partial charge in [-0.25, -0.2) is 4.39 Å². The number of benzene rings is 2. The van der Waals surface area contributed by atoms with E-state index in [0.29, 0.717) is 10.2 Å². The third kappa shape index (κ3) is 4.22. The first-order valence-electron chi connectivity index (χ1n) is 5.77. The summed E-state index contributed by atoms with van der Waals surface area (Å²) in [5.74, 6) is -1.09. The van der Waals surface area contributed by atoms with E-state index >= 15 is 0 Å². The van der Waals surface area contributed by atoms with Crippen LogP contribution in [0.4, 0.5) is 18.9 Å². The summed E-state index contributed by atoms with van der Waals surface area (Å²) >= 11 is 3.12. The highest BCUT2D eigenvalue weighted by molar-refractivity contribution is 9.10. The maximum Gasteiger partial charge on any atom is 0.387 e. The number of carbonyl (C=O) groups is 1. The van der Waals surface area contributed by atoms with Crippen LogP contribution in [0.3, 0.4) is 0 Å². The predicted octanol–water partition coefficient (Wildman–Crippen LogP) is 4.44. The Kier molecular flexibility index (Phi) is 4.85. The quantitative estimate of drug-likeness (QED) is 0.876. The molecule has 0 atom stereocenters. The molecule has 110 valence electrons. The summed E-state index contributed by atoms with van der Waals surface area (Å²) in [7, 11) is 0. The van der Waals surface area contributed by atoms with Crippen molar-refractivity contribution in [3.8, 4) is 5.75 Å². The van der Waals surface area contributed by atoms with Gasteiger partial charge in [0, 0.05) is 10.0 Å². The Morgan fingerprint density at radius 3 is 2.62 bits per heavy atom. The standard InChI is InChI=1S/C14H9BrF3NO2/c15-11-7-9(16)4-5-12(11)19-13(20)8-2-1-3-10(6-8)21-14(17)18/h1-7,14H,(H,19,20). The zero-order valence-corrected chi connectivity index (χ0v) is 12.0. The van der Waals surface area contributed by atoms with E-state index < -0.39 is 18.3 Å². The van der Waals surface area contributed by atoms with Crippen LogP contribution in [-0.2, 0) is 0 Å². The Hall–Kier alpha value is -2.02. The van der Waals surface area contributed by atoms with Crippen LogP contribution >= 0.6 is 15.9 Å². The molecule has 0 bridgehead atoms. The largest absolute Gasteiger partial charge is 0.435 e. The second-order valence-electron chi connectivity index (χ2n) is 3.98. The number of amides is 1. The fourth-order valence-electron chi connectivity index (χ4n) is 1.60. The van der Waals surface area contributed by atoms with Crippen LogP contribution in [0.25, 0.3) is 0 Å². The lowest BCUT2D eigenvalue weighted by molar-refractivity contribution is -0.0498. The normalized spacial score (nSPS) is 10.5. The van der Waals surface area contributed by atoms with Crippen LogP contribution < -0.4 is 10.1 Å². The minimum absolute atomic E-state index is 0.115. The average molecular weight is 360 g/mol. The van der Waals surface area contributed by atoms with Crippen molar-refractivity contribution in [3.05, 3.63) is 58.3 Å². The highest BCUT2D eigenvalue weighted by Gasteiger charge is 2.11. The van der Waals surface area contributed by atoms with Crippen LogP contribution in [-0.4, -0.2) is 12.5 Å². The summed E-state index contributed by atoms with van der Waals surface area (Å²) in [5, 5.41) is 2.54. The van der Waals surface area contributed by atoms with Crippen molar-refractivity contribution in [2.75, 3.05) is 5.32 Å². The van der Waals surface area contributed by atoms with Gasteiger partial charge in [0.15, 0.2) is 0 Å². The lowest BCUT2D eigenvalue weighted by Crippen LogP contribution is -2.12. The zero-order valence-electron chi connectivity index (χ0n) is 10.4. The second kappa shape index (κ2) is 6.62. The van der Waals surface area contributed by atoms with Crippen LogP contribution in [0.15, 0.2) is 46.9 Å². The third-order valence-electron chi connectivity index (χ3n) is 2.50. The SMILES string of the molecule is O=C(Nc1ccc(F)cc1Br)c1cccc(OC(F)F)c1. The Morgan fingerprint density at radius 1 is 1.19 bits per heavy atom. The molecule has 0 aliphatic carbocycles. The number of hydrogen-bond donors (Lipinski definition) is 1. The fraction of sp³-hybridized carbons (Fsp3) is 0.0714. The molecule has 0 fully saturated rings. The molecule has 0 aliphatic heterocycles. The number of rotatable bonds is 4. The van der Waals surface area contributed by atoms with Crippen molar-refractivity contribution in [3.63, 3.8) is 0 Å². The van der Waals surface area contributed by atoms with E-state index in [1.54, 1.807) is 0 Å². The zero-order chi connectivity index (χ0) is 15.4. The summed E-state index contributed by atoms with van der Waals surface area (Å²) in [6, 6.07) is 9.16. The van der Waals surface area contributed by atoms with Crippen molar-refractivity contribution in [2.24, 2.45) is 0 Å². The van der Waals surface area contributed by atoms with Gasteiger partial charge in [-0.3, -0.25) is 4.79 Å². The van der Waals surface area contributed by atoms with E-state index in [1.807, 2.05) is 0 Å². The fourth-order valence-corrected chi connectivity index (χ4v) is 2.05. The summed E-state index contributed by atoms with van der Waals surface area (Å²) in [6.45, 7) is -2.96. The topological polar surface area (TPSA) is 38.3 Å². The van der Waals surface area contributed by atoms with Crippen LogP contribution in [0, 0.1) is 5.82 Å². The Bertz CT molecular complexity index is 664. The van der Waals surface area contributed by atoms with Gasteiger partial charge in [-0.05, 0) is 52.3 Å². The molecular weight excluding hydrogens is 351 g/mol. The minimum atomic E-state index is -2.96. The molecule has 7 heteroatoms. The Morgan fingerprint density at radius 2 is 1.95 bits per heavy atom. The van der Waals surface area contributed by atoms with Gasteiger partial charge >= 0.3 is 6.61 Å². The van der Waals surface area contributed by atoms with Crippen molar-refractivity contribution in [1.82, 2.24) is 0 Å². The predicted molar refractivity (Wildman–Crippen MR) is 75.1 cm³/mol. The molecule has 1 N–H and O–H groups in total. The van der Waals surface area contributed by atoms with Crippen molar-refractivity contribution in [1.29, 1.82) is 0 Å². The second-order valence-corrected chi connectivity index (χ2v) is 4.84. The highest BCUT2D eigenvalue weighted by atomic mass is 79.9. The smallest absolute Gasteiger partial charge is 0.387 e. The molecule has 21 heavy (non-hydrogen) atoms. The monoisotopic (exact) mass is 359 g/mol. The first kappa shape index (κ1) is 15.4. The van der Waals surface area contributed by atoms with Gasteiger partial charge in [0.05, 0.1) is 5.69 Å². The van der Waals surface area contributed by atoms with E-state index in [2.05, 4.69) is 26.0 Å².